The first-order valence-electron chi connectivity index (χ1n) is 3.00. The Hall–Kier alpha value is 0.140. The number of hydrogen-bond acceptors (Lipinski definition) is 1. The molecular weight excluding hydrogens is 227 g/mol. The Bertz CT molecular complexity index is 107. The zero-order valence-electron chi connectivity index (χ0n) is 5.56. The molecule has 0 aliphatic rings. The lowest BCUT2D eigenvalue weighted by atomic mass is 10.3. The van der Waals surface area contributed by atoms with Gasteiger partial charge in [0.2, 0.25) is 0 Å². The molecule has 0 saturated carbocycles. The van der Waals surface area contributed by atoms with E-state index in [9.17, 15) is 4.79 Å². The van der Waals surface area contributed by atoms with Gasteiger partial charge in [-0.2, -0.15) is 0 Å². The number of carbonyl (C=O) groups excluding carboxylic acids is 1. The molecule has 0 fully saturated rings. The van der Waals surface area contributed by atoms with Crippen LogP contribution in [0.3, 0.4) is 0 Å². The Morgan fingerprint density at radius 1 is 1.67 bits per heavy atom. The van der Waals surface area contributed by atoms with Crippen molar-refractivity contribution < 1.29 is 4.79 Å². The van der Waals surface area contributed by atoms with Crippen molar-refractivity contribution in [2.45, 2.75) is 19.8 Å². The molecule has 0 aromatic heterocycles. The van der Waals surface area contributed by atoms with E-state index in [0.717, 1.165) is 6.42 Å². The van der Waals surface area contributed by atoms with Gasteiger partial charge in [0.05, 0.1) is 0 Å². The van der Waals surface area contributed by atoms with Gasteiger partial charge >= 0.3 is 0 Å². The number of alkyl halides is 1. The molecule has 52 valence electrons. The third-order valence-electron chi connectivity index (χ3n) is 0.857. The molecule has 2 heteroatoms. The second-order valence-electron chi connectivity index (χ2n) is 1.84. The van der Waals surface area contributed by atoms with Crippen LogP contribution in [0.25, 0.3) is 0 Å². The molecule has 0 aliphatic carbocycles. The first kappa shape index (κ1) is 9.14. The zero-order valence-corrected chi connectivity index (χ0v) is 7.72. The third kappa shape index (κ3) is 8.14. The van der Waals surface area contributed by atoms with Gasteiger partial charge in [-0.1, -0.05) is 28.7 Å². The van der Waals surface area contributed by atoms with Crippen LogP contribution in [0.15, 0.2) is 12.2 Å². The number of rotatable bonds is 4. The molecule has 0 amide bonds. The lowest BCUT2D eigenvalue weighted by molar-refractivity contribution is -0.112. The van der Waals surface area contributed by atoms with Crippen LogP contribution >= 0.6 is 22.6 Å². The molecule has 0 aromatic carbocycles. The average Bonchev–Trinajstić information content (AvgIpc) is 1.80. The Balaban J connectivity index is 3.15. The van der Waals surface area contributed by atoms with Gasteiger partial charge in [-0.05, 0) is 30.3 Å². The molecule has 1 nitrogen and oxygen atoms in total. The predicted octanol–water partition coefficient (Wildman–Crippen LogP) is 2.35. The highest BCUT2D eigenvalue weighted by atomic mass is 127. The molecule has 0 bridgehead atoms. The predicted molar refractivity (Wildman–Crippen MR) is 47.9 cm³/mol. The summed E-state index contributed by atoms with van der Waals surface area (Å²) in [6.45, 7) is 1.57. The van der Waals surface area contributed by atoms with E-state index in [1.165, 1.54) is 10.8 Å². The van der Waals surface area contributed by atoms with E-state index in [1.807, 2.05) is 6.08 Å². The minimum absolute atomic E-state index is 0.142. The smallest absolute Gasteiger partial charge is 0.152 e. The van der Waals surface area contributed by atoms with Gasteiger partial charge in [-0.3, -0.25) is 4.79 Å². The summed E-state index contributed by atoms with van der Waals surface area (Å²) in [7, 11) is 0. The maximum absolute atomic E-state index is 10.3. The quantitative estimate of drug-likeness (QED) is 0.318. The minimum Gasteiger partial charge on any atom is -0.295 e. The highest BCUT2D eigenvalue weighted by Crippen LogP contribution is 1.94. The molecule has 0 spiro atoms. The normalized spacial score (nSPS) is 10.4. The molecule has 0 atom stereocenters. The highest BCUT2D eigenvalue weighted by molar-refractivity contribution is 14.1. The zero-order chi connectivity index (χ0) is 7.11. The molecule has 0 N–H and O–H groups in total. The fraction of sp³-hybridized carbons (Fsp3) is 0.571. The largest absolute Gasteiger partial charge is 0.295 e. The lowest BCUT2D eigenvalue weighted by Gasteiger charge is -1.84. The Morgan fingerprint density at radius 2 is 2.33 bits per heavy atom. The van der Waals surface area contributed by atoms with Crippen molar-refractivity contribution in [3.8, 4) is 0 Å². The number of allylic oxidation sites excluding steroid dienone is 2. The van der Waals surface area contributed by atoms with Crippen LogP contribution in [-0.2, 0) is 4.79 Å². The van der Waals surface area contributed by atoms with Crippen molar-refractivity contribution in [1.82, 2.24) is 0 Å². The van der Waals surface area contributed by atoms with Crippen LogP contribution in [0.2, 0.25) is 0 Å². The molecule has 0 heterocycles. The second-order valence-corrected chi connectivity index (χ2v) is 2.92. The first-order valence-corrected chi connectivity index (χ1v) is 4.53. The van der Waals surface area contributed by atoms with Gasteiger partial charge in [-0.25, -0.2) is 0 Å². The van der Waals surface area contributed by atoms with E-state index < -0.39 is 0 Å². The number of unbranched alkanes of at least 4 members (excludes halogenated alkanes) is 1. The van der Waals surface area contributed by atoms with Gasteiger partial charge in [-0.15, -0.1) is 0 Å². The summed E-state index contributed by atoms with van der Waals surface area (Å²) < 4.78 is 1.17. The molecule has 0 rings (SSSR count). The molecule has 0 aliphatic heterocycles. The number of ketones is 1. The SMILES string of the molecule is CC(=O)/C=C/CCCI. The highest BCUT2D eigenvalue weighted by Gasteiger charge is 1.81. The van der Waals surface area contributed by atoms with Crippen molar-refractivity contribution in [2.75, 3.05) is 4.43 Å². The van der Waals surface area contributed by atoms with Crippen molar-refractivity contribution in [3.63, 3.8) is 0 Å². The monoisotopic (exact) mass is 238 g/mol. The van der Waals surface area contributed by atoms with E-state index in [2.05, 4.69) is 22.6 Å². The van der Waals surface area contributed by atoms with E-state index in [4.69, 9.17) is 0 Å². The Kier molecular flexibility index (Phi) is 6.36. The lowest BCUT2D eigenvalue weighted by Crippen LogP contribution is -1.79. The van der Waals surface area contributed by atoms with E-state index in [1.54, 1.807) is 13.0 Å². The van der Waals surface area contributed by atoms with E-state index in [0.29, 0.717) is 0 Å². The van der Waals surface area contributed by atoms with Gasteiger partial charge in [0, 0.05) is 0 Å². The molecule has 0 aromatic rings. The van der Waals surface area contributed by atoms with Crippen LogP contribution < -0.4 is 0 Å². The van der Waals surface area contributed by atoms with Gasteiger partial charge in [0.25, 0.3) is 0 Å². The molecular formula is C7H11IO. The average molecular weight is 238 g/mol. The standard InChI is InChI=1S/C7H11IO/c1-7(9)5-3-2-4-6-8/h3,5H,2,4,6H2,1H3/b5-3+. The number of hydrogen-bond donors (Lipinski definition) is 0. The molecule has 9 heavy (non-hydrogen) atoms. The second kappa shape index (κ2) is 6.26. The summed E-state index contributed by atoms with van der Waals surface area (Å²) in [6.07, 6.45) is 5.76. The summed E-state index contributed by atoms with van der Waals surface area (Å²) in [5, 5.41) is 0. The van der Waals surface area contributed by atoms with Crippen LogP contribution in [-0.4, -0.2) is 10.2 Å². The summed E-state index contributed by atoms with van der Waals surface area (Å²) in [5.41, 5.74) is 0. The van der Waals surface area contributed by atoms with E-state index in [-0.39, 0.29) is 5.78 Å². The Morgan fingerprint density at radius 3 is 2.78 bits per heavy atom. The topological polar surface area (TPSA) is 17.1 Å². The van der Waals surface area contributed by atoms with Crippen molar-refractivity contribution >= 4 is 28.4 Å². The van der Waals surface area contributed by atoms with Crippen LogP contribution in [0, 0.1) is 0 Å². The molecule has 0 unspecified atom stereocenters. The minimum atomic E-state index is 0.142. The third-order valence-corrected chi connectivity index (χ3v) is 1.62. The van der Waals surface area contributed by atoms with E-state index >= 15 is 0 Å². The van der Waals surface area contributed by atoms with Crippen molar-refractivity contribution in [3.05, 3.63) is 12.2 Å². The van der Waals surface area contributed by atoms with Crippen LogP contribution in [0.1, 0.15) is 19.8 Å². The number of halogens is 1. The summed E-state index contributed by atoms with van der Waals surface area (Å²) in [5.74, 6) is 0.142. The maximum atomic E-state index is 10.3. The van der Waals surface area contributed by atoms with Crippen LogP contribution in [0.4, 0.5) is 0 Å². The molecule has 0 saturated heterocycles. The summed E-state index contributed by atoms with van der Waals surface area (Å²) >= 11 is 2.33. The fourth-order valence-corrected chi connectivity index (χ4v) is 0.885. The van der Waals surface area contributed by atoms with Gasteiger partial charge in [0.15, 0.2) is 5.78 Å². The van der Waals surface area contributed by atoms with Gasteiger partial charge in [0.1, 0.15) is 0 Å². The Labute approximate surface area is 69.7 Å². The van der Waals surface area contributed by atoms with Crippen LogP contribution in [0.5, 0.6) is 0 Å². The van der Waals surface area contributed by atoms with Crippen molar-refractivity contribution in [1.29, 1.82) is 0 Å². The maximum Gasteiger partial charge on any atom is 0.152 e. The number of carbonyl (C=O) groups is 1. The summed E-state index contributed by atoms with van der Waals surface area (Å²) in [4.78, 5) is 10.3. The summed E-state index contributed by atoms with van der Waals surface area (Å²) in [6, 6.07) is 0. The van der Waals surface area contributed by atoms with Crippen molar-refractivity contribution in [2.24, 2.45) is 0 Å². The fourth-order valence-electron chi connectivity index (χ4n) is 0.444. The molecule has 0 radical (unpaired) electrons. The first-order chi connectivity index (χ1) is 4.27. The van der Waals surface area contributed by atoms with Gasteiger partial charge < -0.3 is 0 Å².